The van der Waals surface area contributed by atoms with Crippen LogP contribution in [0.25, 0.3) is 0 Å². The standard InChI is InChI=1S/C15H30N4O/c1-18-10-5-4-6-13(18)9-11-19(12-15(16)17-20)14-7-2-3-8-14/h13-14,20H,2-12H2,1H3,(H2,16,17). The lowest BCUT2D eigenvalue weighted by molar-refractivity contribution is 0.143. The van der Waals surface area contributed by atoms with Crippen LogP contribution in [0.15, 0.2) is 5.16 Å². The third-order valence-electron chi connectivity index (χ3n) is 5.01. The van der Waals surface area contributed by atoms with Gasteiger partial charge in [-0.2, -0.15) is 0 Å². The monoisotopic (exact) mass is 282 g/mol. The molecule has 1 saturated carbocycles. The maximum atomic E-state index is 8.81. The lowest BCUT2D eigenvalue weighted by Crippen LogP contribution is -2.44. The normalized spacial score (nSPS) is 26.5. The molecule has 20 heavy (non-hydrogen) atoms. The number of hydrogen-bond acceptors (Lipinski definition) is 4. The molecule has 0 amide bonds. The molecule has 2 rings (SSSR count). The summed E-state index contributed by atoms with van der Waals surface area (Å²) in [5.41, 5.74) is 5.73. The Hall–Kier alpha value is -0.810. The van der Waals surface area contributed by atoms with E-state index in [1.165, 1.54) is 57.9 Å². The zero-order valence-corrected chi connectivity index (χ0v) is 12.8. The summed E-state index contributed by atoms with van der Waals surface area (Å²) in [7, 11) is 2.24. The van der Waals surface area contributed by atoms with Crippen LogP contribution in [0, 0.1) is 0 Å². The Morgan fingerprint density at radius 3 is 2.60 bits per heavy atom. The molecule has 5 nitrogen and oxygen atoms in total. The van der Waals surface area contributed by atoms with Crippen molar-refractivity contribution >= 4 is 5.84 Å². The Morgan fingerprint density at radius 2 is 1.95 bits per heavy atom. The first kappa shape index (κ1) is 15.6. The SMILES string of the molecule is CN1CCCCC1CCN(CC(N)=NO)C1CCCC1. The summed E-state index contributed by atoms with van der Waals surface area (Å²) in [6.45, 7) is 2.90. The van der Waals surface area contributed by atoms with E-state index in [-0.39, 0.29) is 0 Å². The van der Waals surface area contributed by atoms with Gasteiger partial charge in [-0.05, 0) is 45.7 Å². The van der Waals surface area contributed by atoms with Crippen LogP contribution >= 0.6 is 0 Å². The van der Waals surface area contributed by atoms with Crippen molar-refractivity contribution in [3.63, 3.8) is 0 Å². The van der Waals surface area contributed by atoms with E-state index >= 15 is 0 Å². The topological polar surface area (TPSA) is 65.1 Å². The summed E-state index contributed by atoms with van der Waals surface area (Å²) < 4.78 is 0. The number of nitrogens with two attached hydrogens (primary N) is 1. The number of oxime groups is 1. The third-order valence-corrected chi connectivity index (χ3v) is 5.01. The number of rotatable bonds is 6. The predicted octanol–water partition coefficient (Wildman–Crippen LogP) is 1.85. The van der Waals surface area contributed by atoms with E-state index in [2.05, 4.69) is 22.0 Å². The first-order valence-corrected chi connectivity index (χ1v) is 8.11. The van der Waals surface area contributed by atoms with E-state index in [1.807, 2.05) is 0 Å². The molecule has 0 bridgehead atoms. The molecule has 2 fully saturated rings. The average Bonchev–Trinajstić information content (AvgIpc) is 2.98. The molecule has 0 aromatic rings. The van der Waals surface area contributed by atoms with Crippen molar-refractivity contribution < 1.29 is 5.21 Å². The van der Waals surface area contributed by atoms with Gasteiger partial charge in [0.05, 0.1) is 6.54 Å². The molecule has 5 heteroatoms. The summed E-state index contributed by atoms with van der Waals surface area (Å²) in [5, 5.41) is 12.0. The second-order valence-corrected chi connectivity index (χ2v) is 6.42. The highest BCUT2D eigenvalue weighted by Crippen LogP contribution is 2.25. The molecule has 3 N–H and O–H groups in total. The average molecular weight is 282 g/mol. The molecule has 1 heterocycles. The van der Waals surface area contributed by atoms with Gasteiger partial charge in [0.25, 0.3) is 0 Å². The van der Waals surface area contributed by atoms with Crippen molar-refractivity contribution in [1.82, 2.24) is 9.80 Å². The smallest absolute Gasteiger partial charge is 0.153 e. The van der Waals surface area contributed by atoms with Crippen molar-refractivity contribution in [2.75, 3.05) is 26.7 Å². The summed E-state index contributed by atoms with van der Waals surface area (Å²) >= 11 is 0. The highest BCUT2D eigenvalue weighted by molar-refractivity contribution is 5.81. The zero-order valence-electron chi connectivity index (χ0n) is 12.8. The summed E-state index contributed by atoms with van der Waals surface area (Å²) in [6.07, 6.45) is 10.4. The fourth-order valence-corrected chi connectivity index (χ4v) is 3.72. The van der Waals surface area contributed by atoms with Gasteiger partial charge in [-0.1, -0.05) is 24.4 Å². The van der Waals surface area contributed by atoms with Crippen LogP contribution < -0.4 is 5.73 Å². The van der Waals surface area contributed by atoms with Crippen molar-refractivity contribution in [2.45, 2.75) is 63.5 Å². The van der Waals surface area contributed by atoms with E-state index in [1.54, 1.807) is 0 Å². The van der Waals surface area contributed by atoms with Crippen LogP contribution in [0.2, 0.25) is 0 Å². The largest absolute Gasteiger partial charge is 0.409 e. The minimum Gasteiger partial charge on any atom is -0.409 e. The molecule has 2 aliphatic rings. The Balaban J connectivity index is 1.85. The Bertz CT molecular complexity index is 315. The second-order valence-electron chi connectivity index (χ2n) is 6.42. The van der Waals surface area contributed by atoms with Crippen molar-refractivity contribution in [3.05, 3.63) is 0 Å². The molecule has 0 spiro atoms. The van der Waals surface area contributed by atoms with Gasteiger partial charge < -0.3 is 15.8 Å². The highest BCUT2D eigenvalue weighted by atomic mass is 16.4. The number of amidine groups is 1. The van der Waals surface area contributed by atoms with Gasteiger partial charge in [-0.3, -0.25) is 4.90 Å². The van der Waals surface area contributed by atoms with E-state index in [9.17, 15) is 0 Å². The number of nitrogens with zero attached hydrogens (tertiary/aromatic N) is 3. The Morgan fingerprint density at radius 1 is 1.25 bits per heavy atom. The quantitative estimate of drug-likeness (QED) is 0.338. The fraction of sp³-hybridized carbons (Fsp3) is 0.933. The van der Waals surface area contributed by atoms with Gasteiger partial charge in [-0.25, -0.2) is 0 Å². The van der Waals surface area contributed by atoms with E-state index in [4.69, 9.17) is 10.9 Å². The van der Waals surface area contributed by atoms with Gasteiger partial charge in [-0.15, -0.1) is 0 Å². The molecular weight excluding hydrogens is 252 g/mol. The van der Waals surface area contributed by atoms with Crippen LogP contribution in [0.5, 0.6) is 0 Å². The molecule has 1 saturated heterocycles. The first-order chi connectivity index (χ1) is 9.70. The lowest BCUT2D eigenvalue weighted by Gasteiger charge is -2.35. The Kier molecular flexibility index (Phi) is 6.10. The van der Waals surface area contributed by atoms with Crippen molar-refractivity contribution in [1.29, 1.82) is 0 Å². The number of hydrogen-bond donors (Lipinski definition) is 2. The van der Waals surface area contributed by atoms with E-state index in [0.29, 0.717) is 24.5 Å². The van der Waals surface area contributed by atoms with Gasteiger partial charge in [0.15, 0.2) is 5.84 Å². The van der Waals surface area contributed by atoms with Gasteiger partial charge in [0.2, 0.25) is 0 Å². The number of piperidine rings is 1. The molecule has 0 radical (unpaired) electrons. The maximum Gasteiger partial charge on any atom is 0.153 e. The molecule has 1 aliphatic heterocycles. The molecule has 1 unspecified atom stereocenters. The second kappa shape index (κ2) is 7.84. The molecule has 0 aromatic heterocycles. The molecule has 1 atom stereocenters. The molecule has 116 valence electrons. The van der Waals surface area contributed by atoms with Gasteiger partial charge in [0, 0.05) is 18.6 Å². The van der Waals surface area contributed by atoms with Crippen LogP contribution in [-0.2, 0) is 0 Å². The molecule has 0 aromatic carbocycles. The fourth-order valence-electron chi connectivity index (χ4n) is 3.72. The highest BCUT2D eigenvalue weighted by Gasteiger charge is 2.25. The summed E-state index contributed by atoms with van der Waals surface area (Å²) in [4.78, 5) is 4.93. The minimum atomic E-state index is 0.342. The zero-order chi connectivity index (χ0) is 14.4. The van der Waals surface area contributed by atoms with Crippen molar-refractivity contribution in [3.8, 4) is 0 Å². The van der Waals surface area contributed by atoms with Crippen LogP contribution in [0.1, 0.15) is 51.4 Å². The first-order valence-electron chi connectivity index (χ1n) is 8.11. The number of likely N-dealkylation sites (tertiary alicyclic amines) is 1. The predicted molar refractivity (Wildman–Crippen MR) is 82.1 cm³/mol. The molecular formula is C15H30N4O. The molecule has 1 aliphatic carbocycles. The van der Waals surface area contributed by atoms with E-state index < -0.39 is 0 Å². The van der Waals surface area contributed by atoms with Crippen LogP contribution in [0.3, 0.4) is 0 Å². The summed E-state index contributed by atoms with van der Waals surface area (Å²) in [5.74, 6) is 0.342. The van der Waals surface area contributed by atoms with E-state index in [0.717, 1.165) is 6.54 Å². The maximum absolute atomic E-state index is 8.81. The van der Waals surface area contributed by atoms with Gasteiger partial charge in [0.1, 0.15) is 0 Å². The third kappa shape index (κ3) is 4.35. The van der Waals surface area contributed by atoms with Crippen LogP contribution in [-0.4, -0.2) is 59.6 Å². The summed E-state index contributed by atoms with van der Waals surface area (Å²) in [6, 6.07) is 1.34. The lowest BCUT2D eigenvalue weighted by atomic mass is 9.99. The van der Waals surface area contributed by atoms with Crippen molar-refractivity contribution in [2.24, 2.45) is 10.9 Å². The minimum absolute atomic E-state index is 0.342. The van der Waals surface area contributed by atoms with Crippen LogP contribution in [0.4, 0.5) is 0 Å². The van der Waals surface area contributed by atoms with Gasteiger partial charge >= 0.3 is 0 Å². The Labute approximate surface area is 122 Å².